The number of carbonyl (C=O) groups excluding carboxylic acids is 12. The van der Waals surface area contributed by atoms with Gasteiger partial charge in [-0.1, -0.05) is 125 Å². The first-order chi connectivity index (χ1) is 50.8. The van der Waals surface area contributed by atoms with Gasteiger partial charge in [0, 0.05) is 36.1 Å². The predicted molar refractivity (Wildman–Crippen MR) is 387 cm³/mol. The van der Waals surface area contributed by atoms with Gasteiger partial charge >= 0.3 is 11.9 Å². The molecule has 574 valence electrons. The summed E-state index contributed by atoms with van der Waals surface area (Å²) < 4.78 is 11.1. The second-order valence-electron chi connectivity index (χ2n) is 26.9. The number of methoxy groups -OCH3 is 1. The summed E-state index contributed by atoms with van der Waals surface area (Å²) in [5.74, 6) is -18.7. The van der Waals surface area contributed by atoms with E-state index in [1.165, 1.54) is 81.8 Å². The van der Waals surface area contributed by atoms with E-state index in [1.54, 1.807) is 87.5 Å². The second-order valence-corrected chi connectivity index (χ2v) is 26.9. The molecule has 5 aromatic rings. The van der Waals surface area contributed by atoms with Gasteiger partial charge in [-0.25, -0.2) is 4.79 Å². The molecule has 0 radical (unpaired) electrons. The van der Waals surface area contributed by atoms with Crippen LogP contribution in [0.1, 0.15) is 115 Å². The lowest BCUT2D eigenvalue weighted by molar-refractivity contribution is -0.160. The Morgan fingerprint density at radius 2 is 1.23 bits per heavy atom. The van der Waals surface area contributed by atoms with Crippen LogP contribution in [0.15, 0.2) is 121 Å². The van der Waals surface area contributed by atoms with Gasteiger partial charge in [0.15, 0.2) is 6.04 Å². The van der Waals surface area contributed by atoms with Gasteiger partial charge < -0.3 is 98.1 Å². The number of carboxylic acids is 1. The van der Waals surface area contributed by atoms with Gasteiger partial charge in [-0.15, -0.1) is 0 Å². The first-order valence-electron chi connectivity index (χ1n) is 34.9. The van der Waals surface area contributed by atoms with Gasteiger partial charge in [-0.05, 0) is 111 Å². The Hall–Kier alpha value is -11.4. The van der Waals surface area contributed by atoms with E-state index < -0.39 is 193 Å². The molecule has 2 aliphatic heterocycles. The Balaban J connectivity index is 1.30. The molecule has 0 aliphatic carbocycles. The van der Waals surface area contributed by atoms with Crippen molar-refractivity contribution in [2.75, 3.05) is 20.2 Å². The number of esters is 1. The van der Waals surface area contributed by atoms with Crippen LogP contribution in [0.3, 0.4) is 0 Å². The molecular formula is C75H94N12O20. The van der Waals surface area contributed by atoms with Crippen molar-refractivity contribution in [1.82, 2.24) is 63.1 Å². The normalized spacial score (nSPS) is 24.8. The summed E-state index contributed by atoms with van der Waals surface area (Å²) in [7, 11) is 1.38. The molecule has 107 heavy (non-hydrogen) atoms. The molecule has 5 unspecified atom stereocenters. The lowest BCUT2D eigenvalue weighted by atomic mass is 9.97. The SMILES string of the molecule is C/C=C\c1ccccc1/C=C/C(=O)N[C@@H]1C(=O)N[C@@H](C)C(=O)N[C@@H](C(C)C(=O)O)C(=O)NCC(=O)N[C@@H](C(O)c2ccccc2)C(=O)N2CCC[C@H]2C(=O)N[C@H](C(O)c2ccc(OC)cc2)C(=O)N[C@@H](Cc2c[nH]c3ccccc23)C(=O)N[C@@H](O)C(=O)N[C@@H](CC(C)C)C(=O)N[C@@H](C(O)C(C)C)C(=O)OC1C. The van der Waals surface area contributed by atoms with Crippen molar-refractivity contribution in [3.63, 3.8) is 0 Å². The molecule has 1 aromatic heterocycles. The number of nitrogens with one attached hydrogen (secondary N) is 11. The van der Waals surface area contributed by atoms with Crippen molar-refractivity contribution in [2.24, 2.45) is 17.8 Å². The van der Waals surface area contributed by atoms with Gasteiger partial charge in [0.25, 0.3) is 5.91 Å². The molecular weight excluding hydrogens is 1390 g/mol. The Bertz CT molecular complexity index is 4090. The monoisotopic (exact) mass is 1480 g/mol. The summed E-state index contributed by atoms with van der Waals surface area (Å²) in [6.07, 6.45) is -2.94. The topological polar surface area (TPSA) is 481 Å². The van der Waals surface area contributed by atoms with E-state index in [-0.39, 0.29) is 36.9 Å². The Kier molecular flexibility index (Phi) is 29.9. The minimum Gasteiger partial charge on any atom is -0.497 e. The minimum absolute atomic E-state index is 0.0253. The van der Waals surface area contributed by atoms with E-state index in [4.69, 9.17) is 9.47 Å². The zero-order valence-corrected chi connectivity index (χ0v) is 60.6. The highest BCUT2D eigenvalue weighted by Gasteiger charge is 2.45. The number of amides is 11. The van der Waals surface area contributed by atoms with Crippen LogP contribution in [-0.4, -0.2) is 205 Å². The number of fused-ring (bicyclic) bond motifs is 2. The number of ether oxygens (including phenoxy) is 2. The van der Waals surface area contributed by atoms with Gasteiger partial charge in [-0.3, -0.25) is 57.5 Å². The molecule has 15 atom stereocenters. The number of carbonyl (C=O) groups is 13. The molecule has 32 nitrogen and oxygen atoms in total. The van der Waals surface area contributed by atoms with E-state index in [0.29, 0.717) is 33.3 Å². The largest absolute Gasteiger partial charge is 0.497 e. The average molecular weight is 1480 g/mol. The average Bonchev–Trinajstić information content (AvgIpc) is 1.63. The van der Waals surface area contributed by atoms with E-state index in [1.807, 2.05) is 0 Å². The van der Waals surface area contributed by atoms with Crippen LogP contribution in [0, 0.1) is 17.8 Å². The summed E-state index contributed by atoms with van der Waals surface area (Å²) in [4.78, 5) is 191. The van der Waals surface area contributed by atoms with Crippen LogP contribution in [0.5, 0.6) is 5.75 Å². The summed E-state index contributed by atoms with van der Waals surface area (Å²) in [5.41, 5.74) is 2.37. The third-order valence-electron chi connectivity index (χ3n) is 18.2. The van der Waals surface area contributed by atoms with Crippen molar-refractivity contribution in [2.45, 2.75) is 166 Å². The lowest BCUT2D eigenvalue weighted by Crippen LogP contribution is -2.62. The van der Waals surface area contributed by atoms with Gasteiger partial charge in [0.05, 0.1) is 25.7 Å². The molecule has 3 heterocycles. The minimum atomic E-state index is -2.52. The van der Waals surface area contributed by atoms with Crippen molar-refractivity contribution in [3.05, 3.63) is 149 Å². The number of carboxylic acid groups (broad SMARTS) is 1. The smallest absolute Gasteiger partial charge is 0.331 e. The molecule has 0 spiro atoms. The van der Waals surface area contributed by atoms with Crippen LogP contribution in [0.4, 0.5) is 0 Å². The number of aromatic amines is 1. The fourth-order valence-corrected chi connectivity index (χ4v) is 12.1. The quantitative estimate of drug-likeness (QED) is 0.0434. The Labute approximate surface area is 617 Å². The first kappa shape index (κ1) is 82.9. The number of aliphatic hydroxyl groups excluding tert-OH is 4. The zero-order valence-electron chi connectivity index (χ0n) is 60.6. The molecule has 2 fully saturated rings. The van der Waals surface area contributed by atoms with Gasteiger partial charge in [0.1, 0.15) is 72.4 Å². The van der Waals surface area contributed by atoms with E-state index >= 15 is 9.59 Å². The highest BCUT2D eigenvalue weighted by molar-refractivity contribution is 6.01. The van der Waals surface area contributed by atoms with Crippen LogP contribution >= 0.6 is 0 Å². The third kappa shape index (κ3) is 22.4. The zero-order chi connectivity index (χ0) is 78.5. The number of rotatable bonds is 17. The van der Waals surface area contributed by atoms with Crippen LogP contribution in [0.25, 0.3) is 23.1 Å². The summed E-state index contributed by atoms with van der Waals surface area (Å²) in [6, 6.07) is 10.3. The van der Waals surface area contributed by atoms with Crippen molar-refractivity contribution < 1.29 is 97.3 Å². The molecule has 0 bridgehead atoms. The van der Waals surface area contributed by atoms with E-state index in [9.17, 15) is 78.3 Å². The third-order valence-corrected chi connectivity index (χ3v) is 18.2. The Morgan fingerprint density at radius 1 is 0.636 bits per heavy atom. The first-order valence-corrected chi connectivity index (χ1v) is 34.9. The molecule has 16 N–H and O–H groups in total. The number of para-hydroxylation sites is 1. The maximum atomic E-state index is 15.1. The van der Waals surface area contributed by atoms with Crippen LogP contribution < -0.4 is 57.9 Å². The molecule has 0 saturated carbocycles. The van der Waals surface area contributed by atoms with Crippen molar-refractivity contribution in [1.29, 1.82) is 0 Å². The van der Waals surface area contributed by atoms with Gasteiger partial charge in [-0.2, -0.15) is 0 Å². The highest BCUT2D eigenvalue weighted by Crippen LogP contribution is 2.28. The summed E-state index contributed by atoms with van der Waals surface area (Å²) in [5, 5.41) is 81.9. The standard InChI is InChI=1S/C75H94N12O20/c1-10-19-43-20-14-15-21-44(43)29-32-54(88)81-57-42(8)107-75(105)60(61(90)39(4)5)85-65(94)51(34-38(2)3)80-71(100)72(101)86-66(95)52(35-47-36-76-50-25-17-16-24-49(47)50)79-70(99)58(62(91)46-27-30-48(106-9)31-28-46)84-67(96)53-26-18-33-87(53)73(102)59(63(92)45-22-12-11-13-23-45)82-55(89)37-77-68(97)56(40(6)74(103)104)83-64(93)41(7)78-69(57)98/h10-17,19-25,27-32,36,38-42,51-53,56-63,72,76,90-92,101H,18,26,33-35,37H2,1-9H3,(H,77,97)(H,78,98)(H,79,99)(H,80,100)(H,81,88)(H,82,89)(H,83,93)(H,84,96)(H,85,94)(H,86,95)(H,103,104)/b19-10-,32-29+/t40?,41-,42?,51-,52-,53-,56-,57-,58+,59-,60-,61?,62?,63?,72-/m0/s1. The Morgan fingerprint density at radius 3 is 1.88 bits per heavy atom. The predicted octanol–water partition coefficient (Wildman–Crippen LogP) is 0.102. The van der Waals surface area contributed by atoms with Crippen LogP contribution in [0.2, 0.25) is 0 Å². The number of hydrogen-bond acceptors (Lipinski definition) is 19. The number of aliphatic carboxylic acids is 1. The van der Waals surface area contributed by atoms with E-state index in [0.717, 1.165) is 31.7 Å². The number of nitrogens with zero attached hydrogens (tertiary/aromatic N) is 1. The number of benzene rings is 4. The summed E-state index contributed by atoms with van der Waals surface area (Å²) in [6.45, 7) is 10.1. The highest BCUT2D eigenvalue weighted by atomic mass is 16.5. The van der Waals surface area contributed by atoms with Crippen LogP contribution in [-0.2, 0) is 73.5 Å². The number of aromatic nitrogens is 1. The number of aliphatic hydroxyl groups is 4. The number of allylic oxidation sites excluding steroid dienone is 1. The molecule has 2 aliphatic rings. The van der Waals surface area contributed by atoms with Crippen molar-refractivity contribution >= 4 is 100.0 Å². The maximum absolute atomic E-state index is 15.1. The molecule has 32 heteroatoms. The van der Waals surface area contributed by atoms with E-state index in [2.05, 4.69) is 58.2 Å². The molecule has 4 aromatic carbocycles. The number of H-pyrrole nitrogens is 1. The fraction of sp³-hybridized carbons (Fsp3) is 0.427. The molecule has 11 amide bonds. The molecule has 7 rings (SSSR count). The fourth-order valence-electron chi connectivity index (χ4n) is 12.1. The lowest BCUT2D eigenvalue weighted by Gasteiger charge is -2.33. The van der Waals surface area contributed by atoms with Gasteiger partial charge in [0.2, 0.25) is 65.3 Å². The maximum Gasteiger partial charge on any atom is 0.331 e. The second kappa shape index (κ2) is 38.6. The molecule has 2 saturated heterocycles. The number of hydrogen-bond donors (Lipinski definition) is 16. The number of cyclic esters (lactones) is 1. The summed E-state index contributed by atoms with van der Waals surface area (Å²) >= 11 is 0. The van der Waals surface area contributed by atoms with Crippen molar-refractivity contribution in [3.8, 4) is 5.75 Å².